The molecule has 1 amide bonds. The average Bonchev–Trinajstić information content (AvgIpc) is 2.31. The van der Waals surface area contributed by atoms with Crippen LogP contribution >= 0.6 is 0 Å². The van der Waals surface area contributed by atoms with E-state index in [1.54, 1.807) is 6.92 Å². The number of benzene rings is 1. The first kappa shape index (κ1) is 15.1. The van der Waals surface area contributed by atoms with E-state index in [0.717, 1.165) is 6.07 Å². The minimum Gasteiger partial charge on any atom is -0.481 e. The molecule has 1 atom stereocenters. The Morgan fingerprint density at radius 1 is 1.37 bits per heavy atom. The van der Waals surface area contributed by atoms with Gasteiger partial charge in [-0.1, -0.05) is 6.07 Å². The summed E-state index contributed by atoms with van der Waals surface area (Å²) >= 11 is 0. The first-order chi connectivity index (χ1) is 8.91. The van der Waals surface area contributed by atoms with Crippen molar-refractivity contribution >= 4 is 11.9 Å². The number of halogens is 2. The second-order valence-electron chi connectivity index (χ2n) is 4.26. The van der Waals surface area contributed by atoms with Crippen LogP contribution in [0.1, 0.15) is 36.5 Å². The highest BCUT2D eigenvalue weighted by Gasteiger charge is 2.16. The third-order valence-corrected chi connectivity index (χ3v) is 2.60. The Labute approximate surface area is 109 Å². The summed E-state index contributed by atoms with van der Waals surface area (Å²) in [6, 6.07) is 3.07. The van der Waals surface area contributed by atoms with Gasteiger partial charge in [-0.3, -0.25) is 9.59 Å². The van der Waals surface area contributed by atoms with Crippen LogP contribution in [0.2, 0.25) is 0 Å². The molecule has 104 valence electrons. The van der Waals surface area contributed by atoms with Crippen molar-refractivity contribution in [3.8, 4) is 0 Å². The maximum Gasteiger partial charge on any atom is 0.303 e. The lowest BCUT2D eigenvalue weighted by Gasteiger charge is -2.13. The molecule has 1 aromatic carbocycles. The van der Waals surface area contributed by atoms with Crippen LogP contribution in [0.5, 0.6) is 0 Å². The fourth-order valence-electron chi connectivity index (χ4n) is 1.61. The molecule has 2 N–H and O–H groups in total. The van der Waals surface area contributed by atoms with Crippen LogP contribution < -0.4 is 5.32 Å². The number of rotatable bonds is 6. The van der Waals surface area contributed by atoms with Crippen molar-refractivity contribution in [3.05, 3.63) is 35.4 Å². The fourth-order valence-corrected chi connectivity index (χ4v) is 1.61. The summed E-state index contributed by atoms with van der Waals surface area (Å²) in [6.45, 7) is 1.68. The Hall–Kier alpha value is -1.98. The van der Waals surface area contributed by atoms with E-state index in [0.29, 0.717) is 12.8 Å². The number of hydrogen-bond acceptors (Lipinski definition) is 2. The zero-order chi connectivity index (χ0) is 14.4. The molecule has 0 radical (unpaired) electrons. The molecule has 1 rings (SSSR count). The highest BCUT2D eigenvalue weighted by Crippen LogP contribution is 2.12. The van der Waals surface area contributed by atoms with Crippen LogP contribution in [0.25, 0.3) is 0 Å². The van der Waals surface area contributed by atoms with Crippen molar-refractivity contribution in [1.29, 1.82) is 0 Å². The second kappa shape index (κ2) is 6.82. The molecule has 0 fully saturated rings. The topological polar surface area (TPSA) is 66.4 Å². The zero-order valence-electron chi connectivity index (χ0n) is 10.5. The van der Waals surface area contributed by atoms with Gasteiger partial charge in [-0.15, -0.1) is 0 Å². The van der Waals surface area contributed by atoms with Gasteiger partial charge in [-0.05, 0) is 31.9 Å². The predicted molar refractivity (Wildman–Crippen MR) is 64.8 cm³/mol. The molecule has 19 heavy (non-hydrogen) atoms. The van der Waals surface area contributed by atoms with Crippen LogP contribution in [0.3, 0.4) is 0 Å². The van der Waals surface area contributed by atoms with Gasteiger partial charge < -0.3 is 10.4 Å². The highest BCUT2D eigenvalue weighted by atomic mass is 19.2. The predicted octanol–water partition coefficient (Wildman–Crippen LogP) is 2.34. The van der Waals surface area contributed by atoms with Gasteiger partial charge in [-0.2, -0.15) is 0 Å². The number of amides is 1. The second-order valence-corrected chi connectivity index (χ2v) is 4.26. The quantitative estimate of drug-likeness (QED) is 0.834. The van der Waals surface area contributed by atoms with E-state index in [-0.39, 0.29) is 18.0 Å². The molecule has 0 aliphatic heterocycles. The van der Waals surface area contributed by atoms with Crippen molar-refractivity contribution < 1.29 is 23.5 Å². The average molecular weight is 271 g/mol. The van der Waals surface area contributed by atoms with Gasteiger partial charge in [0.25, 0.3) is 5.91 Å². The van der Waals surface area contributed by atoms with E-state index < -0.39 is 23.5 Å². The summed E-state index contributed by atoms with van der Waals surface area (Å²) < 4.78 is 26.3. The van der Waals surface area contributed by atoms with Crippen molar-refractivity contribution in [2.75, 3.05) is 0 Å². The number of carboxylic acids is 1. The Morgan fingerprint density at radius 3 is 2.68 bits per heavy atom. The van der Waals surface area contributed by atoms with Gasteiger partial charge in [0.15, 0.2) is 11.6 Å². The van der Waals surface area contributed by atoms with E-state index in [9.17, 15) is 18.4 Å². The van der Waals surface area contributed by atoms with E-state index >= 15 is 0 Å². The van der Waals surface area contributed by atoms with Crippen LogP contribution in [0.15, 0.2) is 18.2 Å². The van der Waals surface area contributed by atoms with Gasteiger partial charge in [0, 0.05) is 12.5 Å². The smallest absolute Gasteiger partial charge is 0.303 e. The van der Waals surface area contributed by atoms with Crippen molar-refractivity contribution in [2.24, 2.45) is 0 Å². The molecule has 0 aliphatic rings. The van der Waals surface area contributed by atoms with E-state index in [4.69, 9.17) is 5.11 Å². The summed E-state index contributed by atoms with van der Waals surface area (Å²) in [6.07, 6.45) is 0.867. The van der Waals surface area contributed by atoms with Gasteiger partial charge in [0.2, 0.25) is 0 Å². The third kappa shape index (κ3) is 4.65. The SMILES string of the molecule is CC(CCCC(=O)O)NC(=O)c1cccc(F)c1F. The summed E-state index contributed by atoms with van der Waals surface area (Å²) in [5.74, 6) is -3.88. The van der Waals surface area contributed by atoms with Gasteiger partial charge >= 0.3 is 5.97 Å². The molecule has 0 spiro atoms. The molecular weight excluding hydrogens is 256 g/mol. The normalized spacial score (nSPS) is 11.9. The summed E-state index contributed by atoms with van der Waals surface area (Å²) in [4.78, 5) is 22.0. The molecule has 1 aromatic rings. The molecule has 0 aliphatic carbocycles. The van der Waals surface area contributed by atoms with Crippen molar-refractivity contribution in [3.63, 3.8) is 0 Å². The Morgan fingerprint density at radius 2 is 2.05 bits per heavy atom. The monoisotopic (exact) mass is 271 g/mol. The van der Waals surface area contributed by atoms with Crippen LogP contribution in [-0.2, 0) is 4.79 Å². The molecule has 0 saturated carbocycles. The van der Waals surface area contributed by atoms with Crippen molar-refractivity contribution in [2.45, 2.75) is 32.2 Å². The Bertz CT molecular complexity index is 477. The minimum atomic E-state index is -1.18. The maximum atomic E-state index is 13.3. The van der Waals surface area contributed by atoms with Gasteiger partial charge in [-0.25, -0.2) is 8.78 Å². The molecule has 4 nitrogen and oxygen atoms in total. The molecule has 0 aromatic heterocycles. The Kier molecular flexibility index (Phi) is 5.41. The highest BCUT2D eigenvalue weighted by molar-refractivity contribution is 5.94. The van der Waals surface area contributed by atoms with Crippen LogP contribution in [0.4, 0.5) is 8.78 Å². The number of carboxylic acid groups (broad SMARTS) is 1. The fraction of sp³-hybridized carbons (Fsp3) is 0.385. The number of hydrogen-bond donors (Lipinski definition) is 2. The summed E-state index contributed by atoms with van der Waals surface area (Å²) in [5.41, 5.74) is -0.356. The lowest BCUT2D eigenvalue weighted by molar-refractivity contribution is -0.137. The van der Waals surface area contributed by atoms with Crippen LogP contribution in [-0.4, -0.2) is 23.0 Å². The molecule has 6 heteroatoms. The third-order valence-electron chi connectivity index (χ3n) is 2.60. The molecular formula is C13H15F2NO3. The standard InChI is InChI=1S/C13H15F2NO3/c1-8(4-2-7-11(17)18)16-13(19)9-5-3-6-10(14)12(9)15/h3,5-6,8H,2,4,7H2,1H3,(H,16,19)(H,17,18). The Balaban J connectivity index is 2.54. The van der Waals surface area contributed by atoms with Crippen LogP contribution in [0, 0.1) is 11.6 Å². The summed E-state index contributed by atoms with van der Waals surface area (Å²) in [7, 11) is 0. The zero-order valence-corrected chi connectivity index (χ0v) is 10.5. The summed E-state index contributed by atoms with van der Waals surface area (Å²) in [5, 5.41) is 11.0. The van der Waals surface area contributed by atoms with Crippen molar-refractivity contribution in [1.82, 2.24) is 5.32 Å². The van der Waals surface area contributed by atoms with E-state index in [2.05, 4.69) is 5.32 Å². The number of nitrogens with one attached hydrogen (secondary N) is 1. The first-order valence-electron chi connectivity index (χ1n) is 5.88. The number of carbonyl (C=O) groups excluding carboxylic acids is 1. The minimum absolute atomic E-state index is 0.00847. The largest absolute Gasteiger partial charge is 0.481 e. The maximum absolute atomic E-state index is 13.3. The molecule has 1 unspecified atom stereocenters. The lowest BCUT2D eigenvalue weighted by Crippen LogP contribution is -2.33. The van der Waals surface area contributed by atoms with Gasteiger partial charge in [0.1, 0.15) is 0 Å². The number of aliphatic carboxylic acids is 1. The lowest BCUT2D eigenvalue weighted by atomic mass is 10.1. The number of carbonyl (C=O) groups is 2. The van der Waals surface area contributed by atoms with E-state index in [1.165, 1.54) is 12.1 Å². The molecule has 0 bridgehead atoms. The van der Waals surface area contributed by atoms with Gasteiger partial charge in [0.05, 0.1) is 5.56 Å². The molecule has 0 heterocycles. The van der Waals surface area contributed by atoms with E-state index in [1.807, 2.05) is 0 Å². The first-order valence-corrected chi connectivity index (χ1v) is 5.88. The molecule has 0 saturated heterocycles.